The Morgan fingerprint density at radius 1 is 1.00 bits per heavy atom. The Morgan fingerprint density at radius 2 is 1.86 bits per heavy atom. The predicted octanol–water partition coefficient (Wildman–Crippen LogP) is 4.34. The first-order valence-corrected chi connectivity index (χ1v) is 12.6. The van der Waals surface area contributed by atoms with Gasteiger partial charge >= 0.3 is 0 Å². The van der Waals surface area contributed by atoms with Gasteiger partial charge in [-0.2, -0.15) is 0 Å². The van der Waals surface area contributed by atoms with Gasteiger partial charge in [0.05, 0.1) is 24.5 Å². The van der Waals surface area contributed by atoms with Crippen molar-refractivity contribution in [2.24, 2.45) is 0 Å². The van der Waals surface area contributed by atoms with Crippen LogP contribution in [0.15, 0.2) is 42.7 Å². The number of rotatable bonds is 7. The Kier molecular flexibility index (Phi) is 7.08. The summed E-state index contributed by atoms with van der Waals surface area (Å²) in [5.74, 6) is 2.43. The summed E-state index contributed by atoms with van der Waals surface area (Å²) < 4.78 is 5.49. The third kappa shape index (κ3) is 5.22. The molecule has 2 aliphatic heterocycles. The van der Waals surface area contributed by atoms with Crippen LogP contribution in [0.5, 0.6) is 5.75 Å². The molecule has 0 saturated carbocycles. The van der Waals surface area contributed by atoms with Gasteiger partial charge in [0.15, 0.2) is 0 Å². The molecule has 2 aromatic heterocycles. The lowest BCUT2D eigenvalue weighted by atomic mass is 9.99. The lowest BCUT2D eigenvalue weighted by molar-refractivity contribution is 0.242. The van der Waals surface area contributed by atoms with Gasteiger partial charge in [-0.25, -0.2) is 19.9 Å². The largest absolute Gasteiger partial charge is 0.497 e. The van der Waals surface area contributed by atoms with Crippen LogP contribution in [0.4, 0.5) is 11.9 Å². The second-order valence-electron chi connectivity index (χ2n) is 9.62. The molecule has 2 aliphatic rings. The fourth-order valence-corrected chi connectivity index (χ4v) is 5.12. The monoisotopic (exact) mass is 473 g/mol. The highest BCUT2D eigenvalue weighted by Gasteiger charge is 2.31. The number of benzene rings is 1. The SMILES string of the molecule is COc1cccc(-c2cnc(N(C)C)nc2[C@@H]2CCCN2Cc2ccnc(N3CCCCC3)n2)c1. The minimum atomic E-state index is 0.200. The van der Waals surface area contributed by atoms with Crippen LogP contribution in [0.25, 0.3) is 11.1 Å². The molecule has 0 radical (unpaired) electrons. The molecular weight excluding hydrogens is 438 g/mol. The van der Waals surface area contributed by atoms with E-state index in [2.05, 4.69) is 38.0 Å². The second kappa shape index (κ2) is 10.6. The van der Waals surface area contributed by atoms with Gasteiger partial charge in [-0.1, -0.05) is 12.1 Å². The van der Waals surface area contributed by atoms with Gasteiger partial charge in [0.2, 0.25) is 11.9 Å². The normalized spacial score (nSPS) is 18.6. The molecule has 4 heterocycles. The van der Waals surface area contributed by atoms with Gasteiger partial charge < -0.3 is 14.5 Å². The molecule has 0 amide bonds. The molecule has 0 bridgehead atoms. The lowest BCUT2D eigenvalue weighted by Gasteiger charge is -2.28. The molecule has 0 unspecified atom stereocenters. The minimum Gasteiger partial charge on any atom is -0.497 e. The van der Waals surface area contributed by atoms with Crippen molar-refractivity contribution < 1.29 is 4.74 Å². The van der Waals surface area contributed by atoms with Crippen LogP contribution < -0.4 is 14.5 Å². The molecular formula is C27H35N7O. The van der Waals surface area contributed by atoms with Crippen LogP contribution in [0.3, 0.4) is 0 Å². The highest BCUT2D eigenvalue weighted by Crippen LogP contribution is 2.38. The van der Waals surface area contributed by atoms with Gasteiger partial charge in [-0.05, 0) is 62.4 Å². The molecule has 2 saturated heterocycles. The molecule has 0 spiro atoms. The smallest absolute Gasteiger partial charge is 0.225 e. The zero-order chi connectivity index (χ0) is 24.2. The fourth-order valence-electron chi connectivity index (χ4n) is 5.12. The highest BCUT2D eigenvalue weighted by molar-refractivity contribution is 5.68. The van der Waals surface area contributed by atoms with E-state index in [-0.39, 0.29) is 6.04 Å². The Hall–Kier alpha value is -3.26. The van der Waals surface area contributed by atoms with E-state index in [9.17, 15) is 0 Å². The van der Waals surface area contributed by atoms with E-state index in [1.807, 2.05) is 43.5 Å². The van der Waals surface area contributed by atoms with E-state index < -0.39 is 0 Å². The van der Waals surface area contributed by atoms with E-state index in [0.717, 1.165) is 79.2 Å². The maximum absolute atomic E-state index is 5.49. The molecule has 8 nitrogen and oxygen atoms in total. The van der Waals surface area contributed by atoms with Crippen molar-refractivity contribution >= 4 is 11.9 Å². The Morgan fingerprint density at radius 3 is 2.66 bits per heavy atom. The second-order valence-corrected chi connectivity index (χ2v) is 9.62. The average molecular weight is 474 g/mol. The van der Waals surface area contributed by atoms with Crippen LogP contribution in [0.2, 0.25) is 0 Å². The molecule has 0 aliphatic carbocycles. The summed E-state index contributed by atoms with van der Waals surface area (Å²) in [5.41, 5.74) is 4.27. The first-order valence-electron chi connectivity index (χ1n) is 12.6. The van der Waals surface area contributed by atoms with Crippen molar-refractivity contribution in [2.45, 2.75) is 44.7 Å². The number of methoxy groups -OCH3 is 1. The number of hydrogen-bond donors (Lipinski definition) is 0. The number of hydrogen-bond acceptors (Lipinski definition) is 8. The van der Waals surface area contributed by atoms with Gasteiger partial charge in [-0.3, -0.25) is 4.90 Å². The van der Waals surface area contributed by atoms with Gasteiger partial charge in [0.1, 0.15) is 5.75 Å². The van der Waals surface area contributed by atoms with E-state index in [0.29, 0.717) is 0 Å². The zero-order valence-electron chi connectivity index (χ0n) is 21.0. The van der Waals surface area contributed by atoms with Crippen molar-refractivity contribution in [1.82, 2.24) is 24.8 Å². The summed E-state index contributed by atoms with van der Waals surface area (Å²) in [6.45, 7) is 3.90. The summed E-state index contributed by atoms with van der Waals surface area (Å²) >= 11 is 0. The molecule has 3 aromatic rings. The number of anilines is 2. The summed E-state index contributed by atoms with van der Waals surface area (Å²) in [5, 5.41) is 0. The van der Waals surface area contributed by atoms with E-state index in [1.54, 1.807) is 7.11 Å². The average Bonchev–Trinajstić information content (AvgIpc) is 3.37. The third-order valence-electron chi connectivity index (χ3n) is 6.97. The molecule has 0 N–H and O–H groups in total. The van der Waals surface area contributed by atoms with Crippen molar-refractivity contribution in [3.63, 3.8) is 0 Å². The van der Waals surface area contributed by atoms with Gasteiger partial charge in [0.25, 0.3) is 0 Å². The van der Waals surface area contributed by atoms with Crippen molar-refractivity contribution in [1.29, 1.82) is 0 Å². The van der Waals surface area contributed by atoms with Crippen LogP contribution in [0, 0.1) is 0 Å². The zero-order valence-corrected chi connectivity index (χ0v) is 21.0. The maximum atomic E-state index is 5.49. The third-order valence-corrected chi connectivity index (χ3v) is 6.97. The van der Waals surface area contributed by atoms with Crippen LogP contribution in [0.1, 0.15) is 49.5 Å². The van der Waals surface area contributed by atoms with E-state index in [4.69, 9.17) is 14.7 Å². The lowest BCUT2D eigenvalue weighted by Crippen LogP contribution is -2.31. The van der Waals surface area contributed by atoms with Crippen LogP contribution >= 0.6 is 0 Å². The number of aromatic nitrogens is 4. The van der Waals surface area contributed by atoms with Gasteiger partial charge in [0, 0.05) is 51.7 Å². The number of likely N-dealkylation sites (tertiary alicyclic amines) is 1. The highest BCUT2D eigenvalue weighted by atomic mass is 16.5. The number of ether oxygens (including phenoxy) is 1. The van der Waals surface area contributed by atoms with Crippen LogP contribution in [-0.4, -0.2) is 65.7 Å². The summed E-state index contributed by atoms with van der Waals surface area (Å²) in [6.07, 6.45) is 9.80. The molecule has 184 valence electrons. The minimum absolute atomic E-state index is 0.200. The van der Waals surface area contributed by atoms with Crippen molar-refractivity contribution in [3.05, 3.63) is 54.1 Å². The van der Waals surface area contributed by atoms with Gasteiger partial charge in [-0.15, -0.1) is 0 Å². The number of nitrogens with zero attached hydrogens (tertiary/aromatic N) is 7. The Labute approximate surface area is 208 Å². The summed E-state index contributed by atoms with van der Waals surface area (Å²) in [4.78, 5) is 26.0. The Balaban J connectivity index is 1.45. The van der Waals surface area contributed by atoms with E-state index in [1.165, 1.54) is 19.3 Å². The Bertz CT molecular complexity index is 1150. The summed E-state index contributed by atoms with van der Waals surface area (Å²) in [7, 11) is 5.67. The molecule has 1 atom stereocenters. The predicted molar refractivity (Wildman–Crippen MR) is 139 cm³/mol. The van der Waals surface area contributed by atoms with Crippen molar-refractivity contribution in [3.8, 4) is 16.9 Å². The van der Waals surface area contributed by atoms with Crippen LogP contribution in [-0.2, 0) is 6.54 Å². The maximum Gasteiger partial charge on any atom is 0.225 e. The van der Waals surface area contributed by atoms with E-state index >= 15 is 0 Å². The molecule has 2 fully saturated rings. The summed E-state index contributed by atoms with van der Waals surface area (Å²) in [6, 6.07) is 10.4. The molecule has 5 rings (SSSR count). The first-order chi connectivity index (χ1) is 17.1. The van der Waals surface area contributed by atoms with Crippen molar-refractivity contribution in [2.75, 3.05) is 50.6 Å². The number of piperidine rings is 1. The quantitative estimate of drug-likeness (QED) is 0.502. The molecule has 1 aromatic carbocycles. The molecule has 35 heavy (non-hydrogen) atoms. The first kappa shape index (κ1) is 23.5. The standard InChI is InChI=1S/C27H35N7O/c1-32(2)26-29-18-23(20-9-7-10-22(17-20)35-3)25(31-26)24-11-8-16-34(24)19-21-12-13-28-27(30-21)33-14-5-4-6-15-33/h7,9-10,12-13,17-18,24H,4-6,8,11,14-16,19H2,1-3H3/t24-/m0/s1. The topological polar surface area (TPSA) is 70.5 Å². The fraction of sp³-hybridized carbons (Fsp3) is 0.481. The molecule has 8 heteroatoms.